The Morgan fingerprint density at radius 2 is 2.00 bits per heavy atom. The minimum atomic E-state index is 0.261. The van der Waals surface area contributed by atoms with Crippen LogP contribution in [0, 0.1) is 5.41 Å². The van der Waals surface area contributed by atoms with Gasteiger partial charge in [0.25, 0.3) is 0 Å². The molecule has 0 saturated heterocycles. The van der Waals surface area contributed by atoms with E-state index < -0.39 is 0 Å². The molecule has 0 amide bonds. The summed E-state index contributed by atoms with van der Waals surface area (Å²) in [4.78, 5) is 0. The van der Waals surface area contributed by atoms with Gasteiger partial charge in [-0.1, -0.05) is 31.6 Å². The van der Waals surface area contributed by atoms with Gasteiger partial charge in [0.2, 0.25) is 0 Å². The Morgan fingerprint density at radius 1 is 1.50 bits per heavy atom. The Kier molecular flexibility index (Phi) is 3.41. The Hall–Kier alpha value is -0.520. The first-order valence-electron chi connectivity index (χ1n) is 3.77. The Morgan fingerprint density at radius 3 is 2.30 bits per heavy atom. The van der Waals surface area contributed by atoms with E-state index in [4.69, 9.17) is 0 Å². The SMILES string of the molecule is C=CC(C)(C)C/C(C)=C\C. The van der Waals surface area contributed by atoms with Gasteiger partial charge in [0.15, 0.2) is 0 Å². The standard InChI is InChI=1S/C10H18/c1-6-9(3)8-10(4,5)7-2/h6-7H,2,8H2,1,3-5H3/b9-6-. The average molecular weight is 138 g/mol. The molecule has 0 unspecified atom stereocenters. The molecule has 0 aliphatic carbocycles. The fraction of sp³-hybridized carbons (Fsp3) is 0.600. The maximum absolute atomic E-state index is 3.79. The molecule has 0 N–H and O–H groups in total. The molecule has 58 valence electrons. The Labute approximate surface area is 64.6 Å². The van der Waals surface area contributed by atoms with E-state index in [0.29, 0.717) is 0 Å². The highest BCUT2D eigenvalue weighted by Gasteiger charge is 2.12. The molecule has 0 aliphatic heterocycles. The second-order valence-corrected chi connectivity index (χ2v) is 3.50. The number of allylic oxidation sites excluding steroid dienone is 3. The van der Waals surface area contributed by atoms with Gasteiger partial charge in [-0.3, -0.25) is 0 Å². The summed E-state index contributed by atoms with van der Waals surface area (Å²) in [7, 11) is 0. The smallest absolute Gasteiger partial charge is 0.0140 e. The topological polar surface area (TPSA) is 0 Å². The highest BCUT2D eigenvalue weighted by Crippen LogP contribution is 2.25. The zero-order valence-corrected chi connectivity index (χ0v) is 7.57. The number of rotatable bonds is 3. The fourth-order valence-electron chi connectivity index (χ4n) is 0.893. The van der Waals surface area contributed by atoms with E-state index in [1.807, 2.05) is 6.08 Å². The minimum absolute atomic E-state index is 0.261. The number of hydrogen-bond acceptors (Lipinski definition) is 0. The average Bonchev–Trinajstić information content (AvgIpc) is 1.87. The first kappa shape index (κ1) is 9.48. The Balaban J connectivity index is 4.01. The van der Waals surface area contributed by atoms with E-state index in [0.717, 1.165) is 6.42 Å². The van der Waals surface area contributed by atoms with Crippen molar-refractivity contribution in [2.45, 2.75) is 34.1 Å². The lowest BCUT2D eigenvalue weighted by molar-refractivity contribution is 0.476. The maximum atomic E-state index is 3.79. The molecule has 0 radical (unpaired) electrons. The molecule has 0 aromatic heterocycles. The van der Waals surface area contributed by atoms with Crippen LogP contribution in [-0.2, 0) is 0 Å². The summed E-state index contributed by atoms with van der Waals surface area (Å²) in [6.45, 7) is 12.4. The Bertz CT molecular complexity index is 138. The molecule has 0 aliphatic rings. The lowest BCUT2D eigenvalue weighted by Gasteiger charge is -2.19. The molecule has 0 rings (SSSR count). The zero-order chi connectivity index (χ0) is 8.20. The lowest BCUT2D eigenvalue weighted by atomic mass is 9.86. The van der Waals surface area contributed by atoms with Crippen molar-refractivity contribution >= 4 is 0 Å². The molecule has 0 fully saturated rings. The van der Waals surface area contributed by atoms with Crippen molar-refractivity contribution in [1.82, 2.24) is 0 Å². The molecule has 0 aromatic carbocycles. The van der Waals surface area contributed by atoms with Crippen LogP contribution < -0.4 is 0 Å². The van der Waals surface area contributed by atoms with Crippen LogP contribution in [0.3, 0.4) is 0 Å². The second kappa shape index (κ2) is 3.60. The predicted molar refractivity (Wildman–Crippen MR) is 48.0 cm³/mol. The van der Waals surface area contributed by atoms with Crippen molar-refractivity contribution in [2.24, 2.45) is 5.41 Å². The summed E-state index contributed by atoms with van der Waals surface area (Å²) in [5.41, 5.74) is 1.70. The quantitative estimate of drug-likeness (QED) is 0.523. The third kappa shape index (κ3) is 3.49. The van der Waals surface area contributed by atoms with Crippen LogP contribution in [0.25, 0.3) is 0 Å². The van der Waals surface area contributed by atoms with E-state index in [-0.39, 0.29) is 5.41 Å². The summed E-state index contributed by atoms with van der Waals surface area (Å²) >= 11 is 0. The molecular weight excluding hydrogens is 120 g/mol. The van der Waals surface area contributed by atoms with Crippen molar-refractivity contribution in [1.29, 1.82) is 0 Å². The van der Waals surface area contributed by atoms with Gasteiger partial charge in [-0.25, -0.2) is 0 Å². The summed E-state index contributed by atoms with van der Waals surface area (Å²) in [5, 5.41) is 0. The molecule has 0 heteroatoms. The van der Waals surface area contributed by atoms with Crippen molar-refractivity contribution in [2.75, 3.05) is 0 Å². The van der Waals surface area contributed by atoms with Crippen molar-refractivity contribution in [3.63, 3.8) is 0 Å². The van der Waals surface area contributed by atoms with Crippen LogP contribution in [0.1, 0.15) is 34.1 Å². The molecule has 0 heterocycles. The van der Waals surface area contributed by atoms with Crippen LogP contribution in [0.5, 0.6) is 0 Å². The molecule has 0 bridgehead atoms. The summed E-state index contributed by atoms with van der Waals surface area (Å²) in [5.74, 6) is 0. The van der Waals surface area contributed by atoms with Gasteiger partial charge >= 0.3 is 0 Å². The van der Waals surface area contributed by atoms with Crippen molar-refractivity contribution in [3.05, 3.63) is 24.3 Å². The molecule has 0 saturated carbocycles. The summed E-state index contributed by atoms with van der Waals surface area (Å²) in [6, 6.07) is 0. The predicted octanol–water partition coefficient (Wildman–Crippen LogP) is 3.55. The largest absolute Gasteiger partial charge is 0.103 e. The fourth-order valence-corrected chi connectivity index (χ4v) is 0.893. The summed E-state index contributed by atoms with van der Waals surface area (Å²) < 4.78 is 0. The molecule has 0 nitrogen and oxygen atoms in total. The monoisotopic (exact) mass is 138 g/mol. The van der Waals surface area contributed by atoms with Gasteiger partial charge in [-0.15, -0.1) is 6.58 Å². The van der Waals surface area contributed by atoms with Crippen LogP contribution in [0.15, 0.2) is 24.3 Å². The van der Waals surface area contributed by atoms with Crippen molar-refractivity contribution < 1.29 is 0 Å². The van der Waals surface area contributed by atoms with Crippen LogP contribution in [-0.4, -0.2) is 0 Å². The normalized spacial score (nSPS) is 13.4. The minimum Gasteiger partial charge on any atom is -0.103 e. The van der Waals surface area contributed by atoms with Gasteiger partial charge in [0, 0.05) is 0 Å². The third-order valence-corrected chi connectivity index (χ3v) is 1.78. The zero-order valence-electron chi connectivity index (χ0n) is 7.57. The van der Waals surface area contributed by atoms with Gasteiger partial charge in [-0.05, 0) is 25.7 Å². The van der Waals surface area contributed by atoms with Gasteiger partial charge < -0.3 is 0 Å². The van der Waals surface area contributed by atoms with E-state index in [1.165, 1.54) is 5.57 Å². The lowest BCUT2D eigenvalue weighted by Crippen LogP contribution is -2.06. The van der Waals surface area contributed by atoms with Crippen LogP contribution >= 0.6 is 0 Å². The van der Waals surface area contributed by atoms with E-state index in [1.54, 1.807) is 0 Å². The molecule has 10 heavy (non-hydrogen) atoms. The van der Waals surface area contributed by atoms with Crippen LogP contribution in [0.2, 0.25) is 0 Å². The summed E-state index contributed by atoms with van der Waals surface area (Å²) in [6.07, 6.45) is 5.29. The maximum Gasteiger partial charge on any atom is -0.0140 e. The first-order chi connectivity index (χ1) is 4.52. The molecule has 0 atom stereocenters. The highest BCUT2D eigenvalue weighted by atomic mass is 14.2. The van der Waals surface area contributed by atoms with E-state index in [9.17, 15) is 0 Å². The second-order valence-electron chi connectivity index (χ2n) is 3.50. The van der Waals surface area contributed by atoms with E-state index in [2.05, 4.69) is 40.3 Å². The van der Waals surface area contributed by atoms with Gasteiger partial charge in [-0.2, -0.15) is 0 Å². The molecular formula is C10H18. The van der Waals surface area contributed by atoms with E-state index >= 15 is 0 Å². The first-order valence-corrected chi connectivity index (χ1v) is 3.77. The molecule has 0 spiro atoms. The molecule has 0 aromatic rings. The highest BCUT2D eigenvalue weighted by molar-refractivity contribution is 5.03. The van der Waals surface area contributed by atoms with Gasteiger partial charge in [0.05, 0.1) is 0 Å². The van der Waals surface area contributed by atoms with Crippen molar-refractivity contribution in [3.8, 4) is 0 Å². The van der Waals surface area contributed by atoms with Crippen LogP contribution in [0.4, 0.5) is 0 Å². The van der Waals surface area contributed by atoms with Gasteiger partial charge in [0.1, 0.15) is 0 Å². The number of hydrogen-bond donors (Lipinski definition) is 0. The third-order valence-electron chi connectivity index (χ3n) is 1.78.